The summed E-state index contributed by atoms with van der Waals surface area (Å²) in [6.07, 6.45) is 0.0793. The number of fused-ring (bicyclic) bond motifs is 1. The van der Waals surface area contributed by atoms with Crippen molar-refractivity contribution in [2.24, 2.45) is 0 Å². The Bertz CT molecular complexity index is 1220. The first-order valence-electron chi connectivity index (χ1n) is 9.33. The molecule has 7 heteroatoms. The molecule has 0 aliphatic rings. The third-order valence-electron chi connectivity index (χ3n) is 4.29. The number of anilines is 1. The van der Waals surface area contributed by atoms with Crippen LogP contribution in [0, 0.1) is 0 Å². The first-order valence-corrected chi connectivity index (χ1v) is 10.5. The van der Waals surface area contributed by atoms with E-state index in [2.05, 4.69) is 26.2 Å². The van der Waals surface area contributed by atoms with E-state index in [9.17, 15) is 4.79 Å². The van der Waals surface area contributed by atoms with Gasteiger partial charge in [-0.3, -0.25) is 4.79 Å². The van der Waals surface area contributed by atoms with Gasteiger partial charge in [0.2, 0.25) is 5.89 Å². The van der Waals surface area contributed by atoms with E-state index in [-0.39, 0.29) is 12.0 Å². The van der Waals surface area contributed by atoms with E-state index in [4.69, 9.17) is 20.8 Å². The van der Waals surface area contributed by atoms with Crippen LogP contribution in [0.4, 0.5) is 5.69 Å². The van der Waals surface area contributed by atoms with Crippen molar-refractivity contribution in [3.63, 3.8) is 0 Å². The van der Waals surface area contributed by atoms with Crippen LogP contribution in [0.5, 0.6) is 5.75 Å². The number of oxazole rings is 1. The van der Waals surface area contributed by atoms with Gasteiger partial charge in [0.25, 0.3) is 5.91 Å². The minimum atomic E-state index is -0.218. The Morgan fingerprint density at radius 2 is 1.87 bits per heavy atom. The molecule has 30 heavy (non-hydrogen) atoms. The third kappa shape index (κ3) is 4.50. The quantitative estimate of drug-likeness (QED) is 0.332. The van der Waals surface area contributed by atoms with Crippen molar-refractivity contribution >= 4 is 50.2 Å². The van der Waals surface area contributed by atoms with Gasteiger partial charge in [-0.15, -0.1) is 0 Å². The summed E-state index contributed by atoms with van der Waals surface area (Å²) < 4.78 is 12.3. The molecule has 0 aliphatic heterocycles. The van der Waals surface area contributed by atoms with E-state index in [0.717, 1.165) is 10.2 Å². The molecule has 0 spiro atoms. The van der Waals surface area contributed by atoms with Gasteiger partial charge in [-0.2, -0.15) is 0 Å². The molecule has 0 saturated heterocycles. The molecule has 5 nitrogen and oxygen atoms in total. The molecule has 0 bridgehead atoms. The number of hydrogen-bond donors (Lipinski definition) is 1. The van der Waals surface area contributed by atoms with Gasteiger partial charge in [-0.25, -0.2) is 4.98 Å². The average molecular weight is 486 g/mol. The number of carbonyl (C=O) groups excluding carboxylic acids is 1. The summed E-state index contributed by atoms with van der Waals surface area (Å²) in [6, 6.07) is 17.8. The fourth-order valence-electron chi connectivity index (χ4n) is 2.94. The van der Waals surface area contributed by atoms with Crippen molar-refractivity contribution in [3.8, 4) is 17.2 Å². The van der Waals surface area contributed by atoms with Crippen molar-refractivity contribution in [3.05, 3.63) is 75.7 Å². The first kappa shape index (κ1) is 20.4. The number of carbonyl (C=O) groups is 1. The van der Waals surface area contributed by atoms with Crippen LogP contribution in [0.1, 0.15) is 24.2 Å². The number of aromatic nitrogens is 1. The lowest BCUT2D eigenvalue weighted by atomic mass is 10.2. The largest absolute Gasteiger partial charge is 0.491 e. The molecule has 0 fully saturated rings. The molecule has 0 atom stereocenters. The normalized spacial score (nSPS) is 11.1. The Morgan fingerprint density at radius 1 is 1.10 bits per heavy atom. The molecule has 0 unspecified atom stereocenters. The second kappa shape index (κ2) is 8.50. The van der Waals surface area contributed by atoms with Crippen LogP contribution in [-0.4, -0.2) is 17.0 Å². The van der Waals surface area contributed by atoms with Gasteiger partial charge >= 0.3 is 0 Å². The second-order valence-electron chi connectivity index (χ2n) is 6.97. The molecule has 4 rings (SSSR count). The zero-order valence-electron chi connectivity index (χ0n) is 16.3. The zero-order chi connectivity index (χ0) is 21.3. The van der Waals surface area contributed by atoms with Crippen LogP contribution in [0.2, 0.25) is 5.02 Å². The van der Waals surface area contributed by atoms with Gasteiger partial charge in [0.05, 0.1) is 16.7 Å². The number of amides is 1. The van der Waals surface area contributed by atoms with Gasteiger partial charge < -0.3 is 14.5 Å². The van der Waals surface area contributed by atoms with Crippen LogP contribution >= 0.6 is 27.5 Å². The molecular weight excluding hydrogens is 468 g/mol. The fourth-order valence-corrected chi connectivity index (χ4v) is 3.50. The summed E-state index contributed by atoms with van der Waals surface area (Å²) in [5.41, 5.74) is 3.08. The smallest absolute Gasteiger partial charge is 0.255 e. The lowest BCUT2D eigenvalue weighted by molar-refractivity contribution is 0.102. The van der Waals surface area contributed by atoms with E-state index < -0.39 is 0 Å². The summed E-state index contributed by atoms with van der Waals surface area (Å²) in [5.74, 6) is 0.925. The number of rotatable bonds is 5. The number of halogens is 2. The number of nitrogens with one attached hydrogen (secondary N) is 1. The molecule has 3 aromatic carbocycles. The summed E-state index contributed by atoms with van der Waals surface area (Å²) in [6.45, 7) is 3.91. The summed E-state index contributed by atoms with van der Waals surface area (Å²) >= 11 is 9.71. The monoisotopic (exact) mass is 484 g/mol. The SMILES string of the molecule is CC(C)Oc1ccc(C(=O)Nc2ccc3oc(-c4cc(Br)ccc4Cl)nc3c2)cc1. The van der Waals surface area contributed by atoms with Gasteiger partial charge in [-0.05, 0) is 74.5 Å². The van der Waals surface area contributed by atoms with E-state index in [0.29, 0.717) is 38.8 Å². The van der Waals surface area contributed by atoms with Crippen molar-refractivity contribution in [1.29, 1.82) is 0 Å². The summed E-state index contributed by atoms with van der Waals surface area (Å²) in [7, 11) is 0. The average Bonchev–Trinajstić information content (AvgIpc) is 3.13. The maximum Gasteiger partial charge on any atom is 0.255 e. The van der Waals surface area contributed by atoms with Gasteiger partial charge in [-0.1, -0.05) is 27.5 Å². The second-order valence-corrected chi connectivity index (χ2v) is 8.29. The highest BCUT2D eigenvalue weighted by Crippen LogP contribution is 2.33. The van der Waals surface area contributed by atoms with Crippen LogP contribution in [-0.2, 0) is 0 Å². The zero-order valence-corrected chi connectivity index (χ0v) is 18.6. The minimum absolute atomic E-state index is 0.0793. The van der Waals surface area contributed by atoms with Crippen LogP contribution in [0.15, 0.2) is 69.6 Å². The third-order valence-corrected chi connectivity index (χ3v) is 5.12. The molecule has 1 aromatic heterocycles. The van der Waals surface area contributed by atoms with E-state index in [1.165, 1.54) is 0 Å². The molecule has 0 aliphatic carbocycles. The Balaban J connectivity index is 1.55. The van der Waals surface area contributed by atoms with Gasteiger partial charge in [0, 0.05) is 15.7 Å². The Hall–Kier alpha value is -2.83. The summed E-state index contributed by atoms with van der Waals surface area (Å²) in [5, 5.41) is 3.43. The molecule has 1 heterocycles. The summed E-state index contributed by atoms with van der Waals surface area (Å²) in [4.78, 5) is 17.1. The maximum absolute atomic E-state index is 12.6. The van der Waals surface area contributed by atoms with Crippen molar-refractivity contribution in [1.82, 2.24) is 4.98 Å². The first-order chi connectivity index (χ1) is 14.4. The molecule has 0 saturated carbocycles. The standard InChI is InChI=1S/C23H18BrClN2O3/c1-13(2)29-17-7-3-14(4-8-17)22(28)26-16-6-10-21-20(12-16)27-23(30-21)18-11-15(24)5-9-19(18)25/h3-13H,1-2H3,(H,26,28). The highest BCUT2D eigenvalue weighted by Gasteiger charge is 2.14. The van der Waals surface area contributed by atoms with E-state index >= 15 is 0 Å². The topological polar surface area (TPSA) is 64.4 Å². The lowest BCUT2D eigenvalue weighted by Crippen LogP contribution is -2.12. The Morgan fingerprint density at radius 3 is 2.60 bits per heavy atom. The maximum atomic E-state index is 12.6. The van der Waals surface area contributed by atoms with Gasteiger partial charge in [0.1, 0.15) is 11.3 Å². The predicted octanol–water partition coefficient (Wildman–Crippen LogP) is 6.95. The molecule has 0 radical (unpaired) electrons. The number of benzene rings is 3. The van der Waals surface area contributed by atoms with Crippen LogP contribution in [0.3, 0.4) is 0 Å². The molecule has 1 N–H and O–H groups in total. The minimum Gasteiger partial charge on any atom is -0.491 e. The lowest BCUT2D eigenvalue weighted by Gasteiger charge is -2.10. The molecular formula is C23H18BrClN2O3. The van der Waals surface area contributed by atoms with E-state index in [1.807, 2.05) is 26.0 Å². The van der Waals surface area contributed by atoms with Crippen LogP contribution < -0.4 is 10.1 Å². The van der Waals surface area contributed by atoms with E-state index in [1.54, 1.807) is 48.5 Å². The highest BCUT2D eigenvalue weighted by atomic mass is 79.9. The molecule has 1 amide bonds. The number of ether oxygens (including phenoxy) is 1. The number of hydrogen-bond acceptors (Lipinski definition) is 4. The molecule has 152 valence electrons. The highest BCUT2D eigenvalue weighted by molar-refractivity contribution is 9.10. The Labute approximate surface area is 187 Å². The van der Waals surface area contributed by atoms with Crippen molar-refractivity contribution < 1.29 is 13.9 Å². The molecule has 4 aromatic rings. The number of nitrogens with zero attached hydrogens (tertiary/aromatic N) is 1. The fraction of sp³-hybridized carbons (Fsp3) is 0.130. The predicted molar refractivity (Wildman–Crippen MR) is 122 cm³/mol. The Kier molecular flexibility index (Phi) is 5.79. The van der Waals surface area contributed by atoms with Crippen molar-refractivity contribution in [2.75, 3.05) is 5.32 Å². The van der Waals surface area contributed by atoms with Crippen LogP contribution in [0.25, 0.3) is 22.6 Å². The van der Waals surface area contributed by atoms with Crippen molar-refractivity contribution in [2.45, 2.75) is 20.0 Å². The van der Waals surface area contributed by atoms with Gasteiger partial charge in [0.15, 0.2) is 5.58 Å².